The van der Waals surface area contributed by atoms with Crippen LogP contribution in [-0.2, 0) is 10.3 Å². The van der Waals surface area contributed by atoms with E-state index in [1.54, 1.807) is 22.9 Å². The number of nitrogens with zero attached hydrogens (tertiary/aromatic N) is 3. The van der Waals surface area contributed by atoms with Gasteiger partial charge in [0.05, 0.1) is 18.3 Å². The van der Waals surface area contributed by atoms with Gasteiger partial charge in [0.25, 0.3) is 5.91 Å². The van der Waals surface area contributed by atoms with E-state index in [2.05, 4.69) is 10.1 Å². The number of hydrogen-bond acceptors (Lipinski definition) is 4. The summed E-state index contributed by atoms with van der Waals surface area (Å²) in [6.07, 6.45) is 9.23. The van der Waals surface area contributed by atoms with Crippen LogP contribution in [0.15, 0.2) is 48.6 Å². The number of benzene rings is 1. The first-order valence-corrected chi connectivity index (χ1v) is 8.95. The second kappa shape index (κ2) is 7.84. The molecule has 27 heavy (non-hydrogen) atoms. The summed E-state index contributed by atoms with van der Waals surface area (Å²) in [6, 6.07) is 6.25. The van der Waals surface area contributed by atoms with E-state index in [1.807, 2.05) is 38.2 Å². The SMILES string of the molecule is CCC(C)OCC1(n2nc(C(N)=O)nc2-c2ccccc2F)C=CC=CC1. The van der Waals surface area contributed by atoms with Crippen molar-refractivity contribution in [2.45, 2.75) is 38.3 Å². The molecule has 0 bridgehead atoms. The molecule has 0 saturated heterocycles. The molecule has 142 valence electrons. The molecule has 1 aliphatic rings. The number of amides is 1. The molecule has 2 N–H and O–H groups in total. The molecule has 2 unspecified atom stereocenters. The van der Waals surface area contributed by atoms with Gasteiger partial charge in [0.1, 0.15) is 11.4 Å². The van der Waals surface area contributed by atoms with Gasteiger partial charge in [-0.1, -0.05) is 43.4 Å². The average Bonchev–Trinajstić information content (AvgIpc) is 3.13. The second-order valence-electron chi connectivity index (χ2n) is 6.64. The van der Waals surface area contributed by atoms with Gasteiger partial charge in [-0.2, -0.15) is 0 Å². The van der Waals surface area contributed by atoms with E-state index in [0.29, 0.717) is 13.0 Å². The molecule has 1 aliphatic carbocycles. The Bertz CT molecular complexity index is 890. The van der Waals surface area contributed by atoms with Crippen LogP contribution in [0, 0.1) is 5.82 Å². The van der Waals surface area contributed by atoms with E-state index >= 15 is 0 Å². The highest BCUT2D eigenvalue weighted by atomic mass is 19.1. The summed E-state index contributed by atoms with van der Waals surface area (Å²) in [4.78, 5) is 15.9. The maximum absolute atomic E-state index is 14.5. The standard InChI is InChI=1S/C20H23FN4O2/c1-3-14(2)27-13-20(11-7-4-8-12-20)25-19(23-18(24-25)17(22)26)15-9-5-6-10-16(15)21/h4-11,14H,3,12-13H2,1-2H3,(H2,22,26). The van der Waals surface area contributed by atoms with Crippen molar-refractivity contribution in [2.24, 2.45) is 5.73 Å². The Kier molecular flexibility index (Phi) is 5.51. The predicted molar refractivity (Wildman–Crippen MR) is 101 cm³/mol. The van der Waals surface area contributed by atoms with Gasteiger partial charge >= 0.3 is 0 Å². The lowest BCUT2D eigenvalue weighted by Gasteiger charge is -2.33. The Morgan fingerprint density at radius 1 is 1.41 bits per heavy atom. The van der Waals surface area contributed by atoms with Crippen molar-refractivity contribution < 1.29 is 13.9 Å². The minimum absolute atomic E-state index is 0.0530. The second-order valence-corrected chi connectivity index (χ2v) is 6.64. The van der Waals surface area contributed by atoms with E-state index in [-0.39, 0.29) is 23.3 Å². The summed E-state index contributed by atoms with van der Waals surface area (Å²) in [7, 11) is 0. The fraction of sp³-hybridized carbons (Fsp3) is 0.350. The van der Waals surface area contributed by atoms with Crippen molar-refractivity contribution in [3.63, 3.8) is 0 Å². The first-order chi connectivity index (χ1) is 13.0. The maximum Gasteiger partial charge on any atom is 0.288 e. The number of primary amides is 1. The van der Waals surface area contributed by atoms with Crippen molar-refractivity contribution in [1.29, 1.82) is 0 Å². The summed E-state index contributed by atoms with van der Waals surface area (Å²) in [6.45, 7) is 4.34. The third-order valence-electron chi connectivity index (χ3n) is 4.68. The summed E-state index contributed by atoms with van der Waals surface area (Å²) >= 11 is 0. The van der Waals surface area contributed by atoms with Gasteiger partial charge in [0.15, 0.2) is 5.82 Å². The van der Waals surface area contributed by atoms with Crippen molar-refractivity contribution >= 4 is 5.91 Å². The largest absolute Gasteiger partial charge is 0.376 e. The molecule has 3 rings (SSSR count). The van der Waals surface area contributed by atoms with Crippen LogP contribution in [0.25, 0.3) is 11.4 Å². The lowest BCUT2D eigenvalue weighted by Crippen LogP contribution is -2.40. The molecule has 7 heteroatoms. The summed E-state index contributed by atoms with van der Waals surface area (Å²) < 4.78 is 22.0. The summed E-state index contributed by atoms with van der Waals surface area (Å²) in [5.41, 5.74) is 4.92. The number of allylic oxidation sites excluding steroid dienone is 3. The minimum atomic E-state index is -0.764. The van der Waals surface area contributed by atoms with Crippen molar-refractivity contribution in [1.82, 2.24) is 14.8 Å². The Hall–Kier alpha value is -2.80. The van der Waals surface area contributed by atoms with Crippen LogP contribution in [-0.4, -0.2) is 33.4 Å². The number of aromatic nitrogens is 3. The third-order valence-corrected chi connectivity index (χ3v) is 4.68. The molecule has 0 spiro atoms. The predicted octanol–water partition coefficient (Wildman–Crippen LogP) is 3.21. The molecule has 1 amide bonds. The lowest BCUT2D eigenvalue weighted by molar-refractivity contribution is 0.0157. The van der Waals surface area contributed by atoms with Crippen LogP contribution in [0.4, 0.5) is 4.39 Å². The smallest absolute Gasteiger partial charge is 0.288 e. The van der Waals surface area contributed by atoms with Crippen LogP contribution < -0.4 is 5.73 Å². The fourth-order valence-electron chi connectivity index (χ4n) is 2.93. The van der Waals surface area contributed by atoms with Gasteiger partial charge in [-0.15, -0.1) is 5.10 Å². The van der Waals surface area contributed by atoms with Crippen molar-refractivity contribution in [2.75, 3.05) is 6.61 Å². The zero-order chi connectivity index (χ0) is 19.4. The minimum Gasteiger partial charge on any atom is -0.376 e. The quantitative estimate of drug-likeness (QED) is 0.811. The molecular formula is C20H23FN4O2. The van der Waals surface area contributed by atoms with E-state index in [9.17, 15) is 9.18 Å². The Morgan fingerprint density at radius 3 is 2.81 bits per heavy atom. The van der Waals surface area contributed by atoms with Crippen LogP contribution in [0.2, 0.25) is 0 Å². The molecule has 0 radical (unpaired) electrons. The highest BCUT2D eigenvalue weighted by Crippen LogP contribution is 2.33. The van der Waals surface area contributed by atoms with E-state index in [1.165, 1.54) is 6.07 Å². The van der Waals surface area contributed by atoms with Gasteiger partial charge in [-0.25, -0.2) is 14.1 Å². The molecule has 0 fully saturated rings. The zero-order valence-electron chi connectivity index (χ0n) is 15.4. The molecule has 0 aliphatic heterocycles. The van der Waals surface area contributed by atoms with Gasteiger partial charge in [0, 0.05) is 0 Å². The highest BCUT2D eigenvalue weighted by Gasteiger charge is 2.36. The summed E-state index contributed by atoms with van der Waals surface area (Å²) in [5, 5.41) is 4.33. The first kappa shape index (κ1) is 19.0. The molecule has 6 nitrogen and oxygen atoms in total. The van der Waals surface area contributed by atoms with Crippen LogP contribution in [0.5, 0.6) is 0 Å². The lowest BCUT2D eigenvalue weighted by atomic mass is 9.91. The number of hydrogen-bond donors (Lipinski definition) is 1. The Labute approximate surface area is 157 Å². The zero-order valence-corrected chi connectivity index (χ0v) is 15.4. The van der Waals surface area contributed by atoms with Gasteiger partial charge < -0.3 is 10.5 Å². The topological polar surface area (TPSA) is 83.0 Å². The molecule has 1 aromatic carbocycles. The number of rotatable bonds is 7. The number of carbonyl (C=O) groups is 1. The maximum atomic E-state index is 14.5. The molecule has 2 aromatic rings. The Balaban J connectivity index is 2.14. The number of halogens is 1. The number of nitrogens with two attached hydrogens (primary N) is 1. The third kappa shape index (κ3) is 3.83. The Morgan fingerprint density at radius 2 is 2.19 bits per heavy atom. The molecule has 2 atom stereocenters. The first-order valence-electron chi connectivity index (χ1n) is 8.95. The number of ether oxygens (including phenoxy) is 1. The van der Waals surface area contributed by atoms with E-state index in [0.717, 1.165) is 6.42 Å². The molecule has 0 saturated carbocycles. The van der Waals surface area contributed by atoms with Gasteiger partial charge in [-0.3, -0.25) is 4.79 Å². The molecular weight excluding hydrogens is 347 g/mol. The fourth-order valence-corrected chi connectivity index (χ4v) is 2.93. The van der Waals surface area contributed by atoms with E-state index in [4.69, 9.17) is 10.5 Å². The van der Waals surface area contributed by atoms with Crippen LogP contribution >= 0.6 is 0 Å². The highest BCUT2D eigenvalue weighted by molar-refractivity contribution is 5.89. The summed E-state index contributed by atoms with van der Waals surface area (Å²) in [5.74, 6) is -1.12. The average molecular weight is 370 g/mol. The normalized spacial score (nSPS) is 20.0. The molecule has 1 heterocycles. The van der Waals surface area contributed by atoms with Gasteiger partial charge in [-0.05, 0) is 31.9 Å². The van der Waals surface area contributed by atoms with Gasteiger partial charge in [0.2, 0.25) is 5.82 Å². The van der Waals surface area contributed by atoms with Crippen LogP contribution in [0.3, 0.4) is 0 Å². The van der Waals surface area contributed by atoms with Crippen molar-refractivity contribution in [3.05, 3.63) is 60.2 Å². The van der Waals surface area contributed by atoms with E-state index < -0.39 is 17.3 Å². The monoisotopic (exact) mass is 370 g/mol. The van der Waals surface area contributed by atoms with Crippen LogP contribution in [0.1, 0.15) is 37.3 Å². The van der Waals surface area contributed by atoms with Crippen molar-refractivity contribution in [3.8, 4) is 11.4 Å². The number of carbonyl (C=O) groups excluding carboxylic acids is 1. The molecule has 1 aromatic heterocycles.